The predicted molar refractivity (Wildman–Crippen MR) is 120 cm³/mol. The summed E-state index contributed by atoms with van der Waals surface area (Å²) < 4.78 is 1.84. The lowest BCUT2D eigenvalue weighted by atomic mass is 10.0. The summed E-state index contributed by atoms with van der Waals surface area (Å²) in [5, 5.41) is 19.4. The predicted octanol–water partition coefficient (Wildman–Crippen LogP) is 4.39. The van der Waals surface area contributed by atoms with Crippen LogP contribution in [0.2, 0.25) is 5.02 Å². The third-order valence-corrected chi connectivity index (χ3v) is 5.16. The van der Waals surface area contributed by atoms with Gasteiger partial charge in [0.1, 0.15) is 0 Å². The molecule has 0 aliphatic carbocycles. The van der Waals surface area contributed by atoms with Gasteiger partial charge in [-0.25, -0.2) is 4.68 Å². The summed E-state index contributed by atoms with van der Waals surface area (Å²) in [6.45, 7) is 0.188. The molecule has 0 aliphatic rings. The maximum absolute atomic E-state index is 12.0. The van der Waals surface area contributed by atoms with Crippen LogP contribution in [0, 0.1) is 0 Å². The number of hydrogen-bond donors (Lipinski definition) is 2. The van der Waals surface area contributed by atoms with Gasteiger partial charge in [-0.2, -0.15) is 5.10 Å². The summed E-state index contributed by atoms with van der Waals surface area (Å²) in [5.41, 5.74) is 3.62. The van der Waals surface area contributed by atoms with Gasteiger partial charge in [0.2, 0.25) is 5.91 Å². The second kappa shape index (κ2) is 9.11. The van der Waals surface area contributed by atoms with Crippen LogP contribution in [0.5, 0.6) is 0 Å². The van der Waals surface area contributed by atoms with Crippen LogP contribution in [0.4, 0.5) is 0 Å². The summed E-state index contributed by atoms with van der Waals surface area (Å²) in [6.07, 6.45) is 0.827. The number of rotatable bonds is 7. The molecule has 0 radical (unpaired) electrons. The molecule has 0 saturated carbocycles. The van der Waals surface area contributed by atoms with Gasteiger partial charge in [-0.3, -0.25) is 4.79 Å². The number of amides is 1. The number of benzene rings is 3. The molecule has 0 unspecified atom stereocenters. The highest BCUT2D eigenvalue weighted by Gasteiger charge is 2.13. The molecule has 30 heavy (non-hydrogen) atoms. The Kier molecular flexibility index (Phi) is 6.12. The largest absolute Gasteiger partial charge is 0.395 e. The quantitative estimate of drug-likeness (QED) is 0.467. The van der Waals surface area contributed by atoms with Gasteiger partial charge < -0.3 is 10.4 Å². The van der Waals surface area contributed by atoms with Gasteiger partial charge in [0.15, 0.2) is 0 Å². The molecule has 0 aliphatic heterocycles. The van der Waals surface area contributed by atoms with Crippen molar-refractivity contribution in [3.63, 3.8) is 0 Å². The zero-order chi connectivity index (χ0) is 20.9. The molecule has 1 aromatic heterocycles. The summed E-state index contributed by atoms with van der Waals surface area (Å²) in [5.74, 6) is -0.102. The molecule has 3 aromatic carbocycles. The molecule has 152 valence electrons. The Morgan fingerprint density at radius 2 is 1.83 bits per heavy atom. The Bertz CT molecular complexity index is 1190. The Hall–Kier alpha value is -3.15. The Morgan fingerprint density at radius 3 is 2.63 bits per heavy atom. The van der Waals surface area contributed by atoms with E-state index in [2.05, 4.69) is 35.6 Å². The smallest absolute Gasteiger partial charge is 0.220 e. The van der Waals surface area contributed by atoms with E-state index in [1.165, 1.54) is 5.39 Å². The SMILES string of the molecule is O=C(CCc1cc(-c2ccc3ccccc3c2)nn1-c1cccc(Cl)c1)NCCO. The van der Waals surface area contributed by atoms with Gasteiger partial charge in [-0.05, 0) is 47.5 Å². The summed E-state index contributed by atoms with van der Waals surface area (Å²) in [4.78, 5) is 12.0. The molecule has 5 nitrogen and oxygen atoms in total. The van der Waals surface area contributed by atoms with E-state index in [1.807, 2.05) is 47.1 Å². The van der Waals surface area contributed by atoms with Crippen LogP contribution in [0.3, 0.4) is 0 Å². The van der Waals surface area contributed by atoms with Crippen molar-refractivity contribution < 1.29 is 9.90 Å². The Labute approximate surface area is 179 Å². The van der Waals surface area contributed by atoms with E-state index in [9.17, 15) is 4.79 Å². The van der Waals surface area contributed by atoms with E-state index < -0.39 is 0 Å². The van der Waals surface area contributed by atoms with E-state index in [-0.39, 0.29) is 19.1 Å². The standard InChI is InChI=1S/C24H22ClN3O2/c25-20-6-3-7-21(15-20)28-22(10-11-24(30)26-12-13-29)16-23(27-28)19-9-8-17-4-1-2-5-18(17)14-19/h1-9,14-16,29H,10-13H2,(H,26,30). The molecule has 6 heteroatoms. The zero-order valence-electron chi connectivity index (χ0n) is 16.4. The normalized spacial score (nSPS) is 11.0. The molecule has 4 aromatic rings. The number of aryl methyl sites for hydroxylation is 1. The number of nitrogens with one attached hydrogen (secondary N) is 1. The highest BCUT2D eigenvalue weighted by atomic mass is 35.5. The van der Waals surface area contributed by atoms with Crippen molar-refractivity contribution in [2.45, 2.75) is 12.8 Å². The van der Waals surface area contributed by atoms with Gasteiger partial charge in [-0.1, -0.05) is 54.1 Å². The van der Waals surface area contributed by atoms with Gasteiger partial charge in [-0.15, -0.1) is 0 Å². The van der Waals surface area contributed by atoms with Gasteiger partial charge >= 0.3 is 0 Å². The van der Waals surface area contributed by atoms with Crippen LogP contribution in [0.1, 0.15) is 12.1 Å². The summed E-state index contributed by atoms with van der Waals surface area (Å²) in [6, 6.07) is 24.0. The average molecular weight is 420 g/mol. The molecule has 0 bridgehead atoms. The number of nitrogens with zero attached hydrogens (tertiary/aromatic N) is 2. The molecule has 0 saturated heterocycles. The first-order chi connectivity index (χ1) is 14.6. The summed E-state index contributed by atoms with van der Waals surface area (Å²) >= 11 is 6.19. The molecule has 1 amide bonds. The van der Waals surface area contributed by atoms with Gasteiger partial charge in [0.05, 0.1) is 18.0 Å². The Balaban J connectivity index is 1.70. The van der Waals surface area contributed by atoms with Crippen molar-refractivity contribution in [3.05, 3.63) is 83.5 Å². The number of fused-ring (bicyclic) bond motifs is 1. The first-order valence-corrected chi connectivity index (χ1v) is 10.2. The van der Waals surface area contributed by atoms with Gasteiger partial charge in [0, 0.05) is 29.2 Å². The van der Waals surface area contributed by atoms with Crippen molar-refractivity contribution in [3.8, 4) is 16.9 Å². The number of aromatic nitrogens is 2. The minimum atomic E-state index is -0.102. The van der Waals surface area contributed by atoms with Crippen molar-refractivity contribution in [1.29, 1.82) is 0 Å². The minimum absolute atomic E-state index is 0.0711. The molecular formula is C24H22ClN3O2. The zero-order valence-corrected chi connectivity index (χ0v) is 17.1. The molecule has 1 heterocycles. The topological polar surface area (TPSA) is 67.2 Å². The lowest BCUT2D eigenvalue weighted by Gasteiger charge is -2.08. The van der Waals surface area contributed by atoms with E-state index >= 15 is 0 Å². The monoisotopic (exact) mass is 419 g/mol. The highest BCUT2D eigenvalue weighted by Crippen LogP contribution is 2.27. The maximum atomic E-state index is 12.0. The fourth-order valence-corrected chi connectivity index (χ4v) is 3.63. The lowest BCUT2D eigenvalue weighted by molar-refractivity contribution is -0.121. The average Bonchev–Trinajstić information content (AvgIpc) is 3.20. The van der Waals surface area contributed by atoms with Gasteiger partial charge in [0.25, 0.3) is 0 Å². The molecular weight excluding hydrogens is 398 g/mol. The fraction of sp³-hybridized carbons (Fsp3) is 0.167. The van der Waals surface area contributed by atoms with E-state index in [0.29, 0.717) is 17.9 Å². The number of aliphatic hydroxyl groups is 1. The molecule has 4 rings (SSSR count). The van der Waals surface area contributed by atoms with Crippen LogP contribution >= 0.6 is 11.6 Å². The van der Waals surface area contributed by atoms with E-state index in [1.54, 1.807) is 0 Å². The van der Waals surface area contributed by atoms with Crippen molar-refractivity contribution >= 4 is 28.3 Å². The molecule has 0 spiro atoms. The van der Waals surface area contributed by atoms with Crippen LogP contribution in [0.25, 0.3) is 27.7 Å². The minimum Gasteiger partial charge on any atom is -0.395 e. The van der Waals surface area contributed by atoms with Crippen molar-refractivity contribution in [1.82, 2.24) is 15.1 Å². The molecule has 2 N–H and O–H groups in total. The number of hydrogen-bond acceptors (Lipinski definition) is 3. The van der Waals surface area contributed by atoms with Crippen LogP contribution in [-0.2, 0) is 11.2 Å². The third-order valence-electron chi connectivity index (χ3n) is 4.92. The van der Waals surface area contributed by atoms with E-state index in [0.717, 1.165) is 28.0 Å². The highest BCUT2D eigenvalue weighted by molar-refractivity contribution is 6.30. The number of aliphatic hydroxyl groups excluding tert-OH is 1. The first kappa shape index (κ1) is 20.1. The third kappa shape index (κ3) is 4.53. The van der Waals surface area contributed by atoms with E-state index in [4.69, 9.17) is 21.8 Å². The maximum Gasteiger partial charge on any atom is 0.220 e. The van der Waals surface area contributed by atoms with Crippen LogP contribution in [-0.4, -0.2) is 33.9 Å². The Morgan fingerprint density at radius 1 is 1.00 bits per heavy atom. The van der Waals surface area contributed by atoms with Crippen molar-refractivity contribution in [2.24, 2.45) is 0 Å². The molecule has 0 fully saturated rings. The van der Waals surface area contributed by atoms with Crippen molar-refractivity contribution in [2.75, 3.05) is 13.2 Å². The second-order valence-electron chi connectivity index (χ2n) is 7.05. The lowest BCUT2D eigenvalue weighted by Crippen LogP contribution is -2.26. The van der Waals surface area contributed by atoms with Crippen LogP contribution < -0.4 is 5.32 Å². The fourth-order valence-electron chi connectivity index (χ4n) is 3.44. The second-order valence-corrected chi connectivity index (χ2v) is 7.48. The molecule has 0 atom stereocenters. The number of carbonyl (C=O) groups excluding carboxylic acids is 1. The van der Waals surface area contributed by atoms with Crippen LogP contribution in [0.15, 0.2) is 72.8 Å². The number of carbonyl (C=O) groups is 1. The number of halogens is 1. The first-order valence-electron chi connectivity index (χ1n) is 9.85. The summed E-state index contributed by atoms with van der Waals surface area (Å²) in [7, 11) is 0.